The molecule has 0 aliphatic heterocycles. The van der Waals surface area contributed by atoms with E-state index in [0.717, 1.165) is 11.3 Å². The molecule has 0 saturated carbocycles. The van der Waals surface area contributed by atoms with Gasteiger partial charge in [-0.05, 0) is 11.6 Å². The van der Waals surface area contributed by atoms with Crippen LogP contribution in [0.1, 0.15) is 4.88 Å². The number of ether oxygens (including phenoxy) is 2. The highest BCUT2D eigenvalue weighted by molar-refractivity contribution is 7.14. The van der Waals surface area contributed by atoms with Crippen molar-refractivity contribution in [3.63, 3.8) is 0 Å². The van der Waals surface area contributed by atoms with E-state index in [1.807, 2.05) is 0 Å². The molecule has 1 rings (SSSR count). The summed E-state index contributed by atoms with van der Waals surface area (Å²) in [6.45, 7) is 0.791. The van der Waals surface area contributed by atoms with E-state index in [2.05, 4.69) is 15.0 Å². The quantitative estimate of drug-likeness (QED) is 0.267. The molecule has 0 unspecified atom stereocenters. The summed E-state index contributed by atoms with van der Waals surface area (Å²) in [5.41, 5.74) is 7.82. The summed E-state index contributed by atoms with van der Waals surface area (Å²) in [6.07, 6.45) is 2.66. The van der Waals surface area contributed by atoms with Crippen molar-refractivity contribution < 1.29 is 19.4 Å². The highest BCUT2D eigenvalue weighted by atomic mass is 32.1. The van der Waals surface area contributed by atoms with E-state index in [1.54, 1.807) is 7.11 Å². The number of azide groups is 1. The number of hydrogen-bond donors (Lipinski definition) is 1. The third kappa shape index (κ3) is 4.42. The molecule has 1 aromatic heterocycles. The summed E-state index contributed by atoms with van der Waals surface area (Å²) >= 11 is 1.14. The van der Waals surface area contributed by atoms with Gasteiger partial charge in [-0.15, -0.1) is 0 Å². The SMILES string of the molecule is COCCOc1ncc(/C=C(\N=[N+]=[N-])C(=O)O)s1. The van der Waals surface area contributed by atoms with Gasteiger partial charge in [0, 0.05) is 18.2 Å². The van der Waals surface area contributed by atoms with E-state index in [9.17, 15) is 4.79 Å². The van der Waals surface area contributed by atoms with E-state index >= 15 is 0 Å². The first-order valence-electron chi connectivity index (χ1n) is 4.75. The molecule has 1 heterocycles. The van der Waals surface area contributed by atoms with Crippen LogP contribution in [0, 0.1) is 0 Å². The minimum Gasteiger partial charge on any atom is -0.478 e. The molecule has 0 spiro atoms. The number of carboxylic acids is 1. The van der Waals surface area contributed by atoms with Gasteiger partial charge < -0.3 is 14.6 Å². The lowest BCUT2D eigenvalue weighted by atomic mass is 10.4. The van der Waals surface area contributed by atoms with Crippen molar-refractivity contribution in [1.82, 2.24) is 4.98 Å². The van der Waals surface area contributed by atoms with Gasteiger partial charge in [0.25, 0.3) is 5.19 Å². The molecule has 0 aliphatic rings. The zero-order valence-corrected chi connectivity index (χ0v) is 10.3. The van der Waals surface area contributed by atoms with Gasteiger partial charge in [0.15, 0.2) is 0 Å². The van der Waals surface area contributed by atoms with Crippen molar-refractivity contribution in [2.75, 3.05) is 20.3 Å². The zero-order chi connectivity index (χ0) is 13.4. The Bertz CT molecular complexity index is 489. The average molecular weight is 270 g/mol. The minimum atomic E-state index is -1.30. The Morgan fingerprint density at radius 2 is 2.50 bits per heavy atom. The van der Waals surface area contributed by atoms with Crippen LogP contribution in [0.5, 0.6) is 5.19 Å². The smallest absolute Gasteiger partial charge is 0.338 e. The normalized spacial score (nSPS) is 10.8. The maximum absolute atomic E-state index is 10.7. The van der Waals surface area contributed by atoms with Gasteiger partial charge in [-0.3, -0.25) is 0 Å². The van der Waals surface area contributed by atoms with Crippen molar-refractivity contribution in [2.45, 2.75) is 0 Å². The first-order chi connectivity index (χ1) is 8.67. The number of thiazole rings is 1. The second-order valence-electron chi connectivity index (χ2n) is 2.89. The molecular formula is C9H10N4O4S. The molecule has 8 nitrogen and oxygen atoms in total. The van der Waals surface area contributed by atoms with Gasteiger partial charge in [-0.2, -0.15) is 0 Å². The predicted molar refractivity (Wildman–Crippen MR) is 64.2 cm³/mol. The standard InChI is InChI=1S/C9H10N4O4S/c1-16-2-3-17-9-11-5-6(18-9)4-7(8(14)15)12-13-10/h4-5H,2-3H2,1H3,(H,14,15)/b7-4-. The third-order valence-electron chi connectivity index (χ3n) is 1.67. The van der Waals surface area contributed by atoms with Gasteiger partial charge >= 0.3 is 5.97 Å². The molecule has 0 aliphatic carbocycles. The first kappa shape index (κ1) is 14.0. The van der Waals surface area contributed by atoms with Gasteiger partial charge in [-0.25, -0.2) is 9.78 Å². The molecule has 96 valence electrons. The molecule has 0 atom stereocenters. The number of aliphatic carboxylic acids is 1. The summed E-state index contributed by atoms with van der Waals surface area (Å²) in [7, 11) is 1.55. The topological polar surface area (TPSA) is 117 Å². The van der Waals surface area contributed by atoms with Gasteiger partial charge in [-0.1, -0.05) is 16.5 Å². The van der Waals surface area contributed by atoms with E-state index < -0.39 is 11.7 Å². The molecule has 18 heavy (non-hydrogen) atoms. The maximum Gasteiger partial charge on any atom is 0.338 e. The van der Waals surface area contributed by atoms with Crippen molar-refractivity contribution >= 4 is 23.4 Å². The Morgan fingerprint density at radius 1 is 1.72 bits per heavy atom. The summed E-state index contributed by atoms with van der Waals surface area (Å²) < 4.78 is 10.0. The Hall–Kier alpha value is -2.09. The second-order valence-corrected chi connectivity index (χ2v) is 3.92. The van der Waals surface area contributed by atoms with Crippen molar-refractivity contribution in [1.29, 1.82) is 0 Å². The fourth-order valence-electron chi connectivity index (χ4n) is 0.932. The molecule has 0 bridgehead atoms. The number of hydrogen-bond acceptors (Lipinski definition) is 6. The Morgan fingerprint density at radius 3 is 3.11 bits per heavy atom. The molecule has 9 heteroatoms. The van der Waals surface area contributed by atoms with Crippen LogP contribution in [-0.2, 0) is 9.53 Å². The maximum atomic E-state index is 10.7. The summed E-state index contributed by atoms with van der Waals surface area (Å²) in [5.74, 6) is -1.30. The van der Waals surface area contributed by atoms with Gasteiger partial charge in [0.1, 0.15) is 12.3 Å². The molecule has 0 aromatic carbocycles. The monoisotopic (exact) mass is 270 g/mol. The van der Waals surface area contributed by atoms with E-state index in [0.29, 0.717) is 23.3 Å². The summed E-state index contributed by atoms with van der Waals surface area (Å²) in [4.78, 5) is 17.6. The van der Waals surface area contributed by atoms with Crippen molar-refractivity contribution in [3.8, 4) is 5.19 Å². The highest BCUT2D eigenvalue weighted by Crippen LogP contribution is 2.23. The van der Waals surface area contributed by atoms with Crippen LogP contribution >= 0.6 is 11.3 Å². The second kappa shape index (κ2) is 7.28. The minimum absolute atomic E-state index is 0.356. The zero-order valence-electron chi connectivity index (χ0n) is 9.44. The van der Waals surface area contributed by atoms with Crippen LogP contribution in [0.2, 0.25) is 0 Å². The first-order valence-corrected chi connectivity index (χ1v) is 5.56. The van der Waals surface area contributed by atoms with Crippen LogP contribution in [0.3, 0.4) is 0 Å². The molecule has 0 fully saturated rings. The highest BCUT2D eigenvalue weighted by Gasteiger charge is 2.07. The van der Waals surface area contributed by atoms with Crippen LogP contribution < -0.4 is 4.74 Å². The van der Waals surface area contributed by atoms with E-state index in [4.69, 9.17) is 20.1 Å². The summed E-state index contributed by atoms with van der Waals surface area (Å²) in [6, 6.07) is 0. The molecule has 0 amide bonds. The molecule has 0 saturated heterocycles. The lowest BCUT2D eigenvalue weighted by Crippen LogP contribution is -2.03. The predicted octanol–water partition coefficient (Wildman–Crippen LogP) is 1.90. The van der Waals surface area contributed by atoms with Crippen LogP contribution in [-0.4, -0.2) is 36.4 Å². The number of carbonyl (C=O) groups is 1. The molecule has 1 aromatic rings. The lowest BCUT2D eigenvalue weighted by Gasteiger charge is -1.99. The molecular weight excluding hydrogens is 260 g/mol. The molecule has 1 N–H and O–H groups in total. The number of rotatable bonds is 7. The van der Waals surface area contributed by atoms with Gasteiger partial charge in [0.2, 0.25) is 0 Å². The van der Waals surface area contributed by atoms with Crippen LogP contribution in [0.15, 0.2) is 17.0 Å². The molecule has 0 radical (unpaired) electrons. The Kier molecular flexibility index (Phi) is 5.65. The number of aromatic nitrogens is 1. The lowest BCUT2D eigenvalue weighted by molar-refractivity contribution is -0.132. The third-order valence-corrected chi connectivity index (χ3v) is 2.52. The Balaban J connectivity index is 2.75. The number of carboxylic acid groups (broad SMARTS) is 1. The Labute approximate surface area is 106 Å². The largest absolute Gasteiger partial charge is 0.478 e. The van der Waals surface area contributed by atoms with E-state index in [-0.39, 0.29) is 0 Å². The average Bonchev–Trinajstić information content (AvgIpc) is 2.76. The van der Waals surface area contributed by atoms with E-state index in [1.165, 1.54) is 12.3 Å². The fourth-order valence-corrected chi connectivity index (χ4v) is 1.66. The van der Waals surface area contributed by atoms with Crippen molar-refractivity contribution in [2.24, 2.45) is 5.11 Å². The fraction of sp³-hybridized carbons (Fsp3) is 0.333. The van der Waals surface area contributed by atoms with Crippen LogP contribution in [0.4, 0.5) is 0 Å². The summed E-state index contributed by atoms with van der Waals surface area (Å²) in [5, 5.41) is 12.2. The number of nitrogens with zero attached hydrogens (tertiary/aromatic N) is 4. The van der Waals surface area contributed by atoms with Crippen molar-refractivity contribution in [3.05, 3.63) is 27.2 Å². The van der Waals surface area contributed by atoms with Crippen LogP contribution in [0.25, 0.3) is 16.5 Å². The number of methoxy groups -OCH3 is 1. The van der Waals surface area contributed by atoms with Gasteiger partial charge in [0.05, 0.1) is 11.5 Å².